The van der Waals surface area contributed by atoms with Crippen LogP contribution in [0.5, 0.6) is 5.75 Å². The Balaban J connectivity index is 1.78. The lowest BCUT2D eigenvalue weighted by molar-refractivity contribution is 0.477. The topological polar surface area (TPSA) is 98.0 Å². The van der Waals surface area contributed by atoms with Gasteiger partial charge in [0.2, 0.25) is 0 Å². The molecule has 1 aliphatic heterocycles. The minimum absolute atomic E-state index is 0.0688. The number of piperazine rings is 1. The molecule has 3 aromatic rings. The van der Waals surface area contributed by atoms with E-state index in [0.717, 1.165) is 37.4 Å². The molecule has 0 bridgehead atoms. The summed E-state index contributed by atoms with van der Waals surface area (Å²) in [4.78, 5) is 6.50. The quantitative estimate of drug-likeness (QED) is 0.736. The number of aromatic nitrogens is 3. The van der Waals surface area contributed by atoms with E-state index in [4.69, 9.17) is 5.26 Å². The maximum absolute atomic E-state index is 10.3. The van der Waals surface area contributed by atoms with Crippen LogP contribution in [-0.2, 0) is 0 Å². The average Bonchev–Trinajstić information content (AvgIpc) is 2.68. The molecule has 0 aliphatic carbocycles. The van der Waals surface area contributed by atoms with E-state index in [2.05, 4.69) is 25.4 Å². The monoisotopic (exact) mass is 332 g/mol. The molecule has 124 valence electrons. The maximum atomic E-state index is 10.3. The third-order valence-electron chi connectivity index (χ3n) is 4.30. The molecule has 0 unspecified atom stereocenters. The summed E-state index contributed by atoms with van der Waals surface area (Å²) in [7, 11) is 0. The fourth-order valence-corrected chi connectivity index (χ4v) is 3.01. The first-order valence-electron chi connectivity index (χ1n) is 8.09. The van der Waals surface area contributed by atoms with Crippen LogP contribution in [0.25, 0.3) is 22.2 Å². The van der Waals surface area contributed by atoms with Crippen molar-refractivity contribution in [3.8, 4) is 23.1 Å². The van der Waals surface area contributed by atoms with Gasteiger partial charge in [0, 0.05) is 31.6 Å². The number of phenols is 1. The number of anilines is 1. The van der Waals surface area contributed by atoms with E-state index in [1.165, 1.54) is 0 Å². The van der Waals surface area contributed by atoms with E-state index >= 15 is 0 Å². The zero-order valence-corrected chi connectivity index (χ0v) is 13.5. The first-order valence-corrected chi connectivity index (χ1v) is 8.09. The Bertz CT molecular complexity index is 958. The number of fused-ring (bicyclic) bond motifs is 1. The van der Waals surface area contributed by atoms with E-state index in [1.807, 2.05) is 24.3 Å². The molecule has 7 heteroatoms. The van der Waals surface area contributed by atoms with Gasteiger partial charge in [0.05, 0.1) is 16.8 Å². The van der Waals surface area contributed by atoms with Gasteiger partial charge in [0.25, 0.3) is 0 Å². The van der Waals surface area contributed by atoms with Crippen molar-refractivity contribution >= 4 is 16.7 Å². The van der Waals surface area contributed by atoms with Crippen LogP contribution in [0.1, 0.15) is 5.69 Å². The van der Waals surface area contributed by atoms with Crippen LogP contribution in [0, 0.1) is 11.3 Å². The maximum Gasteiger partial charge on any atom is 0.151 e. The van der Waals surface area contributed by atoms with Crippen molar-refractivity contribution in [2.75, 3.05) is 31.1 Å². The summed E-state index contributed by atoms with van der Waals surface area (Å²) in [5.74, 6) is 0.884. The number of nitrogens with zero attached hydrogens (tertiary/aromatic N) is 5. The summed E-state index contributed by atoms with van der Waals surface area (Å²) in [6.45, 7) is 3.63. The standard InChI is InChI=1S/C18H16N6O/c19-11-13-3-1-12-2-5-15(25)17(18(12)21-13)14-4-6-16(23-22-14)24-9-7-20-8-10-24/h1-6,20,25H,7-10H2. The molecule has 4 rings (SSSR count). The van der Waals surface area contributed by atoms with E-state index in [1.54, 1.807) is 18.2 Å². The lowest BCUT2D eigenvalue weighted by Gasteiger charge is -2.27. The fraction of sp³-hybridized carbons (Fsp3) is 0.222. The van der Waals surface area contributed by atoms with Crippen LogP contribution in [-0.4, -0.2) is 46.5 Å². The summed E-state index contributed by atoms with van der Waals surface area (Å²) in [5.41, 5.74) is 1.87. The Labute approximate surface area is 144 Å². The molecule has 2 N–H and O–H groups in total. The Morgan fingerprint density at radius 3 is 2.56 bits per heavy atom. The predicted octanol–water partition coefficient (Wildman–Crippen LogP) is 1.68. The minimum Gasteiger partial charge on any atom is -0.507 e. The van der Waals surface area contributed by atoms with E-state index < -0.39 is 0 Å². The van der Waals surface area contributed by atoms with Crippen LogP contribution in [0.3, 0.4) is 0 Å². The number of pyridine rings is 1. The van der Waals surface area contributed by atoms with Crippen molar-refractivity contribution < 1.29 is 5.11 Å². The SMILES string of the molecule is N#Cc1ccc2ccc(O)c(-c3ccc(N4CCNCC4)nn3)c2n1. The number of hydrogen-bond acceptors (Lipinski definition) is 7. The van der Waals surface area contributed by atoms with Crippen molar-refractivity contribution in [3.05, 3.63) is 42.1 Å². The first-order chi connectivity index (χ1) is 12.3. The normalized spacial score (nSPS) is 14.4. The Kier molecular flexibility index (Phi) is 3.88. The van der Waals surface area contributed by atoms with Gasteiger partial charge in [-0.15, -0.1) is 10.2 Å². The van der Waals surface area contributed by atoms with E-state index in [9.17, 15) is 5.11 Å². The number of nitriles is 1. The van der Waals surface area contributed by atoms with Crippen molar-refractivity contribution in [2.45, 2.75) is 0 Å². The molecule has 25 heavy (non-hydrogen) atoms. The number of hydrogen-bond donors (Lipinski definition) is 2. The van der Waals surface area contributed by atoms with Gasteiger partial charge in [0.1, 0.15) is 17.5 Å². The smallest absolute Gasteiger partial charge is 0.151 e. The molecule has 1 fully saturated rings. The number of phenolic OH excluding ortho intramolecular Hbond substituents is 1. The molecule has 0 spiro atoms. The third-order valence-corrected chi connectivity index (χ3v) is 4.30. The molecule has 3 heterocycles. The molecule has 1 aliphatic rings. The van der Waals surface area contributed by atoms with Gasteiger partial charge in [-0.1, -0.05) is 0 Å². The summed E-state index contributed by atoms with van der Waals surface area (Å²) < 4.78 is 0. The number of nitrogens with one attached hydrogen (secondary N) is 1. The molecule has 0 radical (unpaired) electrons. The highest BCUT2D eigenvalue weighted by Gasteiger charge is 2.16. The zero-order chi connectivity index (χ0) is 17.2. The zero-order valence-electron chi connectivity index (χ0n) is 13.5. The second-order valence-corrected chi connectivity index (χ2v) is 5.85. The largest absolute Gasteiger partial charge is 0.507 e. The van der Waals surface area contributed by atoms with Gasteiger partial charge >= 0.3 is 0 Å². The van der Waals surface area contributed by atoms with Crippen molar-refractivity contribution in [1.29, 1.82) is 5.26 Å². The number of rotatable bonds is 2. The van der Waals surface area contributed by atoms with Crippen molar-refractivity contribution in [3.63, 3.8) is 0 Å². The minimum atomic E-state index is 0.0688. The van der Waals surface area contributed by atoms with E-state index in [0.29, 0.717) is 22.5 Å². The molecular formula is C18H16N6O. The molecule has 0 amide bonds. The molecule has 0 saturated carbocycles. The number of aromatic hydroxyl groups is 1. The van der Waals surface area contributed by atoms with Crippen molar-refractivity contribution in [1.82, 2.24) is 20.5 Å². The second-order valence-electron chi connectivity index (χ2n) is 5.85. The molecule has 1 aromatic carbocycles. The Hall–Kier alpha value is -3.24. The molecule has 1 saturated heterocycles. The highest BCUT2D eigenvalue weighted by atomic mass is 16.3. The third kappa shape index (κ3) is 2.84. The average molecular weight is 332 g/mol. The van der Waals surface area contributed by atoms with Gasteiger partial charge in [-0.25, -0.2) is 4.98 Å². The van der Waals surface area contributed by atoms with Crippen LogP contribution < -0.4 is 10.2 Å². The second kappa shape index (κ2) is 6.34. The van der Waals surface area contributed by atoms with Gasteiger partial charge in [-0.05, 0) is 36.4 Å². The molecule has 2 aromatic heterocycles. The van der Waals surface area contributed by atoms with Gasteiger partial charge in [-0.3, -0.25) is 0 Å². The highest BCUT2D eigenvalue weighted by Crippen LogP contribution is 2.34. The van der Waals surface area contributed by atoms with Crippen LogP contribution in [0.4, 0.5) is 5.82 Å². The van der Waals surface area contributed by atoms with Crippen LogP contribution in [0.15, 0.2) is 36.4 Å². The van der Waals surface area contributed by atoms with Gasteiger partial charge < -0.3 is 15.3 Å². The number of benzene rings is 1. The van der Waals surface area contributed by atoms with E-state index in [-0.39, 0.29) is 5.75 Å². The first kappa shape index (κ1) is 15.3. The van der Waals surface area contributed by atoms with Gasteiger partial charge in [0.15, 0.2) is 5.82 Å². The highest BCUT2D eigenvalue weighted by molar-refractivity contribution is 5.96. The lowest BCUT2D eigenvalue weighted by Crippen LogP contribution is -2.43. The summed E-state index contributed by atoms with van der Waals surface area (Å²) >= 11 is 0. The fourth-order valence-electron chi connectivity index (χ4n) is 3.01. The lowest BCUT2D eigenvalue weighted by atomic mass is 10.0. The van der Waals surface area contributed by atoms with Crippen LogP contribution in [0.2, 0.25) is 0 Å². The van der Waals surface area contributed by atoms with Gasteiger partial charge in [-0.2, -0.15) is 5.26 Å². The predicted molar refractivity (Wildman–Crippen MR) is 94.2 cm³/mol. The summed E-state index contributed by atoms with van der Waals surface area (Å²) in [6.07, 6.45) is 0. The molecular weight excluding hydrogens is 316 g/mol. The summed E-state index contributed by atoms with van der Waals surface area (Å²) in [6, 6.07) is 12.6. The summed E-state index contributed by atoms with van der Waals surface area (Å²) in [5, 5.41) is 32.2. The molecule has 0 atom stereocenters. The van der Waals surface area contributed by atoms with Crippen LogP contribution >= 0.6 is 0 Å². The van der Waals surface area contributed by atoms with Crippen molar-refractivity contribution in [2.24, 2.45) is 0 Å². The molecule has 7 nitrogen and oxygen atoms in total. The Morgan fingerprint density at radius 2 is 1.84 bits per heavy atom. The Morgan fingerprint density at radius 1 is 1.04 bits per heavy atom.